The Bertz CT molecular complexity index is 1320. The first-order valence-corrected chi connectivity index (χ1v) is 12.3. The summed E-state index contributed by atoms with van der Waals surface area (Å²) in [7, 11) is 0. The van der Waals surface area contributed by atoms with Crippen molar-refractivity contribution in [3.8, 4) is 10.4 Å². The third-order valence-electron chi connectivity index (χ3n) is 4.75. The van der Waals surface area contributed by atoms with Gasteiger partial charge in [-0.15, -0.1) is 11.3 Å². The summed E-state index contributed by atoms with van der Waals surface area (Å²) in [5.74, 6) is -0.0305. The van der Waals surface area contributed by atoms with Gasteiger partial charge in [0.25, 0.3) is 0 Å². The molecule has 0 aliphatic carbocycles. The van der Waals surface area contributed by atoms with Gasteiger partial charge in [0.15, 0.2) is 10.9 Å². The van der Waals surface area contributed by atoms with Crippen LogP contribution in [0.2, 0.25) is 10.0 Å². The molecule has 174 valence electrons. The normalized spacial score (nSPS) is 10.7. The minimum absolute atomic E-state index is 0.247. The van der Waals surface area contributed by atoms with Gasteiger partial charge in [-0.05, 0) is 42.4 Å². The highest BCUT2D eigenvalue weighted by molar-refractivity contribution is 7.80. The summed E-state index contributed by atoms with van der Waals surface area (Å²) in [5, 5.41) is 12.4. The fraction of sp³-hybridized carbons (Fsp3) is 0.125. The Morgan fingerprint density at radius 1 is 1.09 bits per heavy atom. The highest BCUT2D eigenvalue weighted by Gasteiger charge is 2.20. The molecule has 2 aromatic carbocycles. The fourth-order valence-electron chi connectivity index (χ4n) is 3.19. The molecular weight excluding hydrogens is 511 g/mol. The zero-order valence-corrected chi connectivity index (χ0v) is 21.2. The van der Waals surface area contributed by atoms with Gasteiger partial charge in [-0.25, -0.2) is 4.79 Å². The molecule has 0 unspecified atom stereocenters. The van der Waals surface area contributed by atoms with Crippen molar-refractivity contribution in [2.75, 3.05) is 17.2 Å². The number of anilines is 2. The van der Waals surface area contributed by atoms with Crippen molar-refractivity contribution in [2.24, 2.45) is 0 Å². The van der Waals surface area contributed by atoms with Crippen LogP contribution < -0.4 is 10.6 Å². The first-order chi connectivity index (χ1) is 16.4. The van der Waals surface area contributed by atoms with Crippen LogP contribution in [0.25, 0.3) is 10.4 Å². The number of thiophene rings is 1. The molecule has 0 saturated carbocycles. The van der Waals surface area contributed by atoms with E-state index in [2.05, 4.69) is 15.7 Å². The molecular formula is C24H20Cl2N4O2S2. The van der Waals surface area contributed by atoms with Gasteiger partial charge >= 0.3 is 5.97 Å². The zero-order chi connectivity index (χ0) is 24.1. The molecule has 0 atom stereocenters. The molecule has 34 heavy (non-hydrogen) atoms. The molecule has 0 spiro atoms. The van der Waals surface area contributed by atoms with Gasteiger partial charge in [-0.3, -0.25) is 4.68 Å². The number of esters is 1. The van der Waals surface area contributed by atoms with Crippen LogP contribution in [0.5, 0.6) is 0 Å². The van der Waals surface area contributed by atoms with E-state index in [1.165, 1.54) is 11.3 Å². The van der Waals surface area contributed by atoms with E-state index in [-0.39, 0.29) is 11.7 Å². The topological polar surface area (TPSA) is 68.2 Å². The molecule has 0 radical (unpaired) electrons. The van der Waals surface area contributed by atoms with Gasteiger partial charge in [0.05, 0.1) is 18.7 Å². The van der Waals surface area contributed by atoms with Crippen molar-refractivity contribution in [3.05, 3.63) is 88.0 Å². The number of rotatable bonds is 7. The standard InChI is InChI=1S/C24H20Cl2N4O2S2/c1-2-32-23(31)17-12-20(15-8-4-3-5-9-15)34-22(17)28-24(33)27-21-19(26)14-30(29-21)13-16-10-6-7-11-18(16)25/h3-12,14H,2,13H2,1H3,(H2,27,28,29,33). The minimum Gasteiger partial charge on any atom is -0.462 e. The maximum atomic E-state index is 12.5. The highest BCUT2D eigenvalue weighted by atomic mass is 35.5. The Kier molecular flexibility index (Phi) is 7.84. The van der Waals surface area contributed by atoms with Crippen LogP contribution in [0.4, 0.5) is 10.8 Å². The number of thiocarbonyl (C=S) groups is 1. The number of aromatic nitrogens is 2. The van der Waals surface area contributed by atoms with Crippen LogP contribution in [-0.2, 0) is 11.3 Å². The summed E-state index contributed by atoms with van der Waals surface area (Å²) in [6.45, 7) is 2.50. The van der Waals surface area contributed by atoms with Crippen LogP contribution in [-0.4, -0.2) is 27.5 Å². The van der Waals surface area contributed by atoms with E-state index >= 15 is 0 Å². The maximum Gasteiger partial charge on any atom is 0.341 e. The Labute approximate surface area is 216 Å². The smallest absolute Gasteiger partial charge is 0.341 e. The van der Waals surface area contributed by atoms with Gasteiger partial charge in [-0.1, -0.05) is 71.7 Å². The third kappa shape index (κ3) is 5.77. The fourth-order valence-corrected chi connectivity index (χ4v) is 4.91. The predicted octanol–water partition coefficient (Wildman–Crippen LogP) is 6.95. The van der Waals surface area contributed by atoms with Crippen molar-refractivity contribution < 1.29 is 9.53 Å². The summed E-state index contributed by atoms with van der Waals surface area (Å²) < 4.78 is 6.90. The van der Waals surface area contributed by atoms with E-state index < -0.39 is 5.97 Å². The van der Waals surface area contributed by atoms with E-state index in [9.17, 15) is 4.79 Å². The van der Waals surface area contributed by atoms with Gasteiger partial charge in [0.2, 0.25) is 0 Å². The lowest BCUT2D eigenvalue weighted by atomic mass is 10.1. The van der Waals surface area contributed by atoms with E-state index in [1.807, 2.05) is 54.6 Å². The number of hydrogen-bond donors (Lipinski definition) is 2. The maximum absolute atomic E-state index is 12.5. The first kappa shape index (κ1) is 24.2. The number of ether oxygens (including phenoxy) is 1. The lowest BCUT2D eigenvalue weighted by molar-refractivity contribution is 0.0528. The third-order valence-corrected chi connectivity index (χ3v) is 6.70. The summed E-state index contributed by atoms with van der Waals surface area (Å²) in [5.41, 5.74) is 2.32. The Hall–Kier alpha value is -2.91. The van der Waals surface area contributed by atoms with Crippen molar-refractivity contribution in [1.29, 1.82) is 0 Å². The largest absolute Gasteiger partial charge is 0.462 e. The second kappa shape index (κ2) is 11.0. The molecule has 2 N–H and O–H groups in total. The molecule has 0 saturated heterocycles. The monoisotopic (exact) mass is 530 g/mol. The van der Waals surface area contributed by atoms with Gasteiger partial charge in [0.1, 0.15) is 10.0 Å². The van der Waals surface area contributed by atoms with Crippen molar-refractivity contribution in [3.63, 3.8) is 0 Å². The second-order valence-corrected chi connectivity index (χ2v) is 9.41. The molecule has 0 amide bonds. The van der Waals surface area contributed by atoms with Crippen LogP contribution in [0.3, 0.4) is 0 Å². The molecule has 10 heteroatoms. The number of nitrogens with zero attached hydrogens (tertiary/aromatic N) is 2. The average Bonchev–Trinajstić information content (AvgIpc) is 3.39. The Balaban J connectivity index is 1.51. The van der Waals surface area contributed by atoms with E-state index in [4.69, 9.17) is 40.2 Å². The summed E-state index contributed by atoms with van der Waals surface area (Å²) in [6, 6.07) is 19.1. The predicted molar refractivity (Wildman–Crippen MR) is 143 cm³/mol. The number of benzene rings is 2. The molecule has 4 aromatic rings. The zero-order valence-electron chi connectivity index (χ0n) is 18.0. The molecule has 0 fully saturated rings. The van der Waals surface area contributed by atoms with Gasteiger partial charge in [-0.2, -0.15) is 5.10 Å². The van der Waals surface area contributed by atoms with Gasteiger partial charge in [0, 0.05) is 16.1 Å². The number of halogens is 2. The molecule has 2 heterocycles. The summed E-state index contributed by atoms with van der Waals surface area (Å²) in [4.78, 5) is 13.5. The highest BCUT2D eigenvalue weighted by Crippen LogP contribution is 2.36. The number of carbonyl (C=O) groups excluding carboxylic acids is 1. The number of hydrogen-bond acceptors (Lipinski definition) is 5. The van der Waals surface area contributed by atoms with E-state index in [0.29, 0.717) is 33.0 Å². The average molecular weight is 531 g/mol. The molecule has 0 aliphatic heterocycles. The SMILES string of the molecule is CCOC(=O)c1cc(-c2ccccc2)sc1NC(=S)Nc1nn(Cc2ccccc2Cl)cc1Cl. The van der Waals surface area contributed by atoms with Crippen LogP contribution >= 0.6 is 46.8 Å². The van der Waals surface area contributed by atoms with E-state index in [0.717, 1.165) is 16.0 Å². The van der Waals surface area contributed by atoms with Crippen molar-refractivity contribution >= 4 is 68.7 Å². The van der Waals surface area contributed by atoms with Gasteiger partial charge < -0.3 is 15.4 Å². The molecule has 2 aromatic heterocycles. The van der Waals surface area contributed by atoms with Crippen LogP contribution in [0.15, 0.2) is 66.9 Å². The van der Waals surface area contributed by atoms with Crippen molar-refractivity contribution in [1.82, 2.24) is 9.78 Å². The summed E-state index contributed by atoms with van der Waals surface area (Å²) in [6.07, 6.45) is 1.69. The molecule has 0 aliphatic rings. The first-order valence-electron chi connectivity index (χ1n) is 10.4. The second-order valence-electron chi connectivity index (χ2n) is 7.13. The Morgan fingerprint density at radius 2 is 1.82 bits per heavy atom. The lowest BCUT2D eigenvalue weighted by Crippen LogP contribution is -2.20. The summed E-state index contributed by atoms with van der Waals surface area (Å²) >= 11 is 19.5. The van der Waals surface area contributed by atoms with E-state index in [1.54, 1.807) is 23.9 Å². The molecule has 0 bridgehead atoms. The van der Waals surface area contributed by atoms with Crippen LogP contribution in [0, 0.1) is 0 Å². The molecule has 4 rings (SSSR count). The lowest BCUT2D eigenvalue weighted by Gasteiger charge is -2.09. The molecule has 6 nitrogen and oxygen atoms in total. The number of nitrogens with one attached hydrogen (secondary N) is 2. The quantitative estimate of drug-likeness (QED) is 0.199. The van der Waals surface area contributed by atoms with Crippen LogP contribution in [0.1, 0.15) is 22.8 Å². The van der Waals surface area contributed by atoms with Crippen molar-refractivity contribution in [2.45, 2.75) is 13.5 Å². The number of carbonyl (C=O) groups is 1. The Morgan fingerprint density at radius 3 is 2.56 bits per heavy atom. The minimum atomic E-state index is -0.423.